The minimum Gasteiger partial charge on any atom is -0.486 e. The lowest BCUT2D eigenvalue weighted by atomic mass is 10.1. The van der Waals surface area contributed by atoms with Crippen molar-refractivity contribution < 1.29 is 18.8 Å². The Morgan fingerprint density at radius 2 is 1.90 bits per heavy atom. The highest BCUT2D eigenvalue weighted by atomic mass is 35.5. The van der Waals surface area contributed by atoms with Gasteiger partial charge in [0, 0.05) is 30.2 Å². The Kier molecular flexibility index (Phi) is 5.99. The maximum Gasteiger partial charge on any atom is 0.276 e. The maximum atomic E-state index is 12.8. The van der Waals surface area contributed by atoms with E-state index in [-0.39, 0.29) is 30.7 Å². The standard InChI is InChI=1S/C22H26ClN3O4/c1-14-9-17(10-15(2)21(14)23)29-13-18-11-19(24-30-18)22(28)25-7-8-26(20(27)12-25)16-5-3-4-6-16/h9-11,16H,3-8,12-13H2,1-2H3. The predicted octanol–water partition coefficient (Wildman–Crippen LogP) is 3.75. The Hall–Kier alpha value is -2.54. The molecular weight excluding hydrogens is 406 g/mol. The first kappa shape index (κ1) is 20.7. The van der Waals surface area contributed by atoms with Crippen LogP contribution in [0.15, 0.2) is 22.7 Å². The largest absolute Gasteiger partial charge is 0.486 e. The van der Waals surface area contributed by atoms with E-state index in [4.69, 9.17) is 20.9 Å². The number of benzene rings is 1. The van der Waals surface area contributed by atoms with E-state index in [1.54, 1.807) is 11.0 Å². The number of piperazine rings is 1. The molecule has 0 spiro atoms. The molecule has 1 aromatic heterocycles. The van der Waals surface area contributed by atoms with Crippen molar-refractivity contribution in [2.45, 2.75) is 52.2 Å². The van der Waals surface area contributed by atoms with Crippen LogP contribution in [0, 0.1) is 13.8 Å². The van der Waals surface area contributed by atoms with E-state index in [1.165, 1.54) is 12.8 Å². The second-order valence-corrected chi connectivity index (χ2v) is 8.47. The van der Waals surface area contributed by atoms with Crippen LogP contribution in [0.5, 0.6) is 5.75 Å². The molecule has 0 unspecified atom stereocenters. The van der Waals surface area contributed by atoms with Gasteiger partial charge < -0.3 is 19.1 Å². The maximum absolute atomic E-state index is 12.8. The van der Waals surface area contributed by atoms with E-state index in [0.717, 1.165) is 29.0 Å². The number of carbonyl (C=O) groups excluding carboxylic acids is 2. The molecule has 1 aliphatic heterocycles. The van der Waals surface area contributed by atoms with E-state index < -0.39 is 0 Å². The van der Waals surface area contributed by atoms with Gasteiger partial charge in [-0.3, -0.25) is 9.59 Å². The highest BCUT2D eigenvalue weighted by Crippen LogP contribution is 2.27. The SMILES string of the molecule is Cc1cc(OCc2cc(C(=O)N3CCN(C4CCCC4)C(=O)C3)no2)cc(C)c1Cl. The first-order valence-corrected chi connectivity index (χ1v) is 10.7. The minimum atomic E-state index is -0.289. The zero-order valence-electron chi connectivity index (χ0n) is 17.3. The molecule has 0 radical (unpaired) electrons. The van der Waals surface area contributed by atoms with Crippen molar-refractivity contribution in [3.63, 3.8) is 0 Å². The van der Waals surface area contributed by atoms with Crippen LogP contribution in [0.3, 0.4) is 0 Å². The quantitative estimate of drug-likeness (QED) is 0.720. The summed E-state index contributed by atoms with van der Waals surface area (Å²) in [5.74, 6) is 0.844. The number of aryl methyl sites for hydroxylation is 2. The van der Waals surface area contributed by atoms with Crippen molar-refractivity contribution in [2.24, 2.45) is 0 Å². The first-order chi connectivity index (χ1) is 14.4. The number of hydrogen-bond acceptors (Lipinski definition) is 5. The fraction of sp³-hybridized carbons (Fsp3) is 0.500. The summed E-state index contributed by atoms with van der Waals surface area (Å²) >= 11 is 6.18. The molecule has 2 fully saturated rings. The van der Waals surface area contributed by atoms with E-state index in [2.05, 4.69) is 5.16 Å². The van der Waals surface area contributed by atoms with E-state index in [1.807, 2.05) is 30.9 Å². The number of hydrogen-bond donors (Lipinski definition) is 0. The van der Waals surface area contributed by atoms with Gasteiger partial charge in [0.15, 0.2) is 11.5 Å². The third kappa shape index (κ3) is 4.31. The molecule has 160 valence electrons. The summed E-state index contributed by atoms with van der Waals surface area (Å²) in [6.45, 7) is 5.18. The summed E-state index contributed by atoms with van der Waals surface area (Å²) in [6.07, 6.45) is 4.49. The van der Waals surface area contributed by atoms with Crippen LogP contribution in [0.1, 0.15) is 53.1 Å². The van der Waals surface area contributed by atoms with Crippen molar-refractivity contribution in [3.8, 4) is 5.75 Å². The Morgan fingerprint density at radius 3 is 2.57 bits per heavy atom. The molecule has 8 heteroatoms. The smallest absolute Gasteiger partial charge is 0.276 e. The van der Waals surface area contributed by atoms with Crippen LogP contribution >= 0.6 is 11.6 Å². The second-order valence-electron chi connectivity index (χ2n) is 8.09. The monoisotopic (exact) mass is 431 g/mol. The second kappa shape index (κ2) is 8.68. The molecule has 1 saturated heterocycles. The predicted molar refractivity (Wildman–Crippen MR) is 112 cm³/mol. The zero-order valence-corrected chi connectivity index (χ0v) is 18.1. The third-order valence-electron chi connectivity index (χ3n) is 5.88. The Labute approximate surface area is 180 Å². The molecule has 1 aliphatic carbocycles. The number of carbonyl (C=O) groups is 2. The molecule has 0 N–H and O–H groups in total. The molecule has 4 rings (SSSR count). The molecule has 0 bridgehead atoms. The van der Waals surface area contributed by atoms with Crippen LogP contribution in [0.4, 0.5) is 0 Å². The zero-order chi connectivity index (χ0) is 21.3. The Morgan fingerprint density at radius 1 is 1.20 bits per heavy atom. The van der Waals surface area contributed by atoms with Gasteiger partial charge >= 0.3 is 0 Å². The molecule has 0 atom stereocenters. The van der Waals surface area contributed by atoms with E-state index >= 15 is 0 Å². The minimum absolute atomic E-state index is 0.0158. The fourth-order valence-electron chi connectivity index (χ4n) is 4.25. The number of rotatable bonds is 5. The topological polar surface area (TPSA) is 75.9 Å². The molecule has 2 heterocycles. The van der Waals surface area contributed by atoms with Gasteiger partial charge in [-0.25, -0.2) is 0 Å². The average Bonchev–Trinajstić information content (AvgIpc) is 3.42. The summed E-state index contributed by atoms with van der Waals surface area (Å²) in [4.78, 5) is 28.8. The van der Waals surface area contributed by atoms with Crippen LogP contribution in [0.2, 0.25) is 5.02 Å². The first-order valence-electron chi connectivity index (χ1n) is 10.4. The summed E-state index contributed by atoms with van der Waals surface area (Å²) in [6, 6.07) is 5.62. The lowest BCUT2D eigenvalue weighted by molar-refractivity contribution is -0.137. The van der Waals surface area contributed by atoms with Crippen LogP contribution < -0.4 is 4.74 Å². The molecule has 30 heavy (non-hydrogen) atoms. The number of nitrogens with zero attached hydrogens (tertiary/aromatic N) is 3. The Bertz CT molecular complexity index is 929. The molecule has 2 aromatic rings. The number of aromatic nitrogens is 1. The number of amides is 2. The van der Waals surface area contributed by atoms with Crippen molar-refractivity contribution >= 4 is 23.4 Å². The van der Waals surface area contributed by atoms with Gasteiger partial charge in [-0.1, -0.05) is 29.6 Å². The lowest BCUT2D eigenvalue weighted by Gasteiger charge is -2.37. The highest BCUT2D eigenvalue weighted by molar-refractivity contribution is 6.32. The number of halogens is 1. The summed E-state index contributed by atoms with van der Waals surface area (Å²) < 4.78 is 11.0. The van der Waals surface area contributed by atoms with Crippen molar-refractivity contribution in [3.05, 3.63) is 45.8 Å². The fourth-order valence-corrected chi connectivity index (χ4v) is 4.36. The molecular formula is C22H26ClN3O4. The van der Waals surface area contributed by atoms with Gasteiger partial charge in [0.2, 0.25) is 5.91 Å². The van der Waals surface area contributed by atoms with Gasteiger partial charge in [-0.05, 0) is 49.9 Å². The molecule has 7 nitrogen and oxygen atoms in total. The van der Waals surface area contributed by atoms with Gasteiger partial charge in [0.1, 0.15) is 18.9 Å². The molecule has 1 saturated carbocycles. The highest BCUT2D eigenvalue weighted by Gasteiger charge is 2.33. The molecule has 2 amide bonds. The number of ether oxygens (including phenoxy) is 1. The van der Waals surface area contributed by atoms with Gasteiger partial charge in [0.25, 0.3) is 5.91 Å². The van der Waals surface area contributed by atoms with E-state index in [9.17, 15) is 9.59 Å². The van der Waals surface area contributed by atoms with Crippen molar-refractivity contribution in [1.82, 2.24) is 15.0 Å². The summed E-state index contributed by atoms with van der Waals surface area (Å²) in [5.41, 5.74) is 2.06. The van der Waals surface area contributed by atoms with Crippen molar-refractivity contribution in [2.75, 3.05) is 19.6 Å². The third-order valence-corrected chi connectivity index (χ3v) is 6.48. The average molecular weight is 432 g/mol. The normalized spacial score (nSPS) is 17.6. The van der Waals surface area contributed by atoms with Crippen LogP contribution in [-0.4, -0.2) is 52.4 Å². The molecule has 2 aliphatic rings. The van der Waals surface area contributed by atoms with Gasteiger partial charge in [-0.15, -0.1) is 0 Å². The Balaban J connectivity index is 1.34. The summed E-state index contributed by atoms with van der Waals surface area (Å²) in [7, 11) is 0. The van der Waals surface area contributed by atoms with Gasteiger partial charge in [0.05, 0.1) is 0 Å². The summed E-state index contributed by atoms with van der Waals surface area (Å²) in [5, 5.41) is 4.60. The van der Waals surface area contributed by atoms with E-state index in [0.29, 0.717) is 30.6 Å². The molecule has 1 aromatic carbocycles. The lowest BCUT2D eigenvalue weighted by Crippen LogP contribution is -2.54. The van der Waals surface area contributed by atoms with Crippen LogP contribution in [0.25, 0.3) is 0 Å². The van der Waals surface area contributed by atoms with Crippen molar-refractivity contribution in [1.29, 1.82) is 0 Å². The van der Waals surface area contributed by atoms with Crippen LogP contribution in [-0.2, 0) is 11.4 Å². The van der Waals surface area contributed by atoms with Gasteiger partial charge in [-0.2, -0.15) is 0 Å².